The van der Waals surface area contributed by atoms with E-state index in [1.165, 1.54) is 0 Å². The lowest BCUT2D eigenvalue weighted by molar-refractivity contribution is 0.735. The first-order valence-corrected chi connectivity index (χ1v) is 3.94. The standard InChI is InChI=1S/C9H12N4/c10-4-6-1-2-7(12)3-8(6)9(13)5-11/h1-3,9H,5,11-13H2/t9-/m1/s1. The van der Waals surface area contributed by atoms with E-state index < -0.39 is 0 Å². The minimum absolute atomic E-state index is 0.304. The molecular weight excluding hydrogens is 164 g/mol. The number of nitriles is 1. The summed E-state index contributed by atoms with van der Waals surface area (Å²) in [4.78, 5) is 0. The van der Waals surface area contributed by atoms with Gasteiger partial charge < -0.3 is 17.2 Å². The molecule has 1 atom stereocenters. The Kier molecular flexibility index (Phi) is 2.85. The summed E-state index contributed by atoms with van der Waals surface area (Å²) in [6.45, 7) is 0.304. The fraction of sp³-hybridized carbons (Fsp3) is 0.222. The maximum Gasteiger partial charge on any atom is 0.0995 e. The first-order valence-electron chi connectivity index (χ1n) is 3.94. The van der Waals surface area contributed by atoms with Crippen LogP contribution in [-0.2, 0) is 0 Å². The smallest absolute Gasteiger partial charge is 0.0995 e. The van der Waals surface area contributed by atoms with Crippen LogP contribution in [0.1, 0.15) is 17.2 Å². The van der Waals surface area contributed by atoms with Gasteiger partial charge in [0.05, 0.1) is 11.6 Å². The summed E-state index contributed by atoms with van der Waals surface area (Å²) in [5.41, 5.74) is 18.5. The fourth-order valence-corrected chi connectivity index (χ4v) is 1.12. The average Bonchev–Trinajstić information content (AvgIpc) is 2.16. The highest BCUT2D eigenvalue weighted by atomic mass is 14.7. The van der Waals surface area contributed by atoms with Crippen molar-refractivity contribution >= 4 is 5.69 Å². The molecular formula is C9H12N4. The molecule has 1 rings (SSSR count). The molecule has 13 heavy (non-hydrogen) atoms. The van der Waals surface area contributed by atoms with Crippen molar-refractivity contribution in [1.82, 2.24) is 0 Å². The number of nitrogens with two attached hydrogens (primary N) is 3. The van der Waals surface area contributed by atoms with Gasteiger partial charge in [0.25, 0.3) is 0 Å². The molecule has 1 aromatic rings. The Morgan fingerprint density at radius 1 is 1.46 bits per heavy atom. The monoisotopic (exact) mass is 176 g/mol. The number of hydrogen-bond donors (Lipinski definition) is 3. The van der Waals surface area contributed by atoms with Crippen molar-refractivity contribution in [2.24, 2.45) is 11.5 Å². The first kappa shape index (κ1) is 9.52. The Labute approximate surface area is 76.9 Å². The van der Waals surface area contributed by atoms with Gasteiger partial charge in [-0.2, -0.15) is 5.26 Å². The van der Waals surface area contributed by atoms with Crippen LogP contribution in [0.25, 0.3) is 0 Å². The zero-order chi connectivity index (χ0) is 9.84. The predicted octanol–water partition coefficient (Wildman–Crippen LogP) is 0.0990. The van der Waals surface area contributed by atoms with Crippen LogP contribution in [0.3, 0.4) is 0 Å². The minimum atomic E-state index is -0.321. The summed E-state index contributed by atoms with van der Waals surface area (Å²) in [5.74, 6) is 0. The maximum atomic E-state index is 8.77. The molecule has 0 aliphatic rings. The molecule has 68 valence electrons. The van der Waals surface area contributed by atoms with Crippen molar-refractivity contribution in [2.75, 3.05) is 12.3 Å². The molecule has 0 bridgehead atoms. The highest BCUT2D eigenvalue weighted by molar-refractivity contribution is 5.50. The third-order valence-electron chi connectivity index (χ3n) is 1.85. The molecule has 4 heteroatoms. The number of nitrogen functional groups attached to an aromatic ring is 1. The molecule has 0 aromatic heterocycles. The van der Waals surface area contributed by atoms with E-state index in [1.54, 1.807) is 18.2 Å². The molecule has 0 radical (unpaired) electrons. The first-order chi connectivity index (χ1) is 6.19. The normalized spacial score (nSPS) is 12.1. The summed E-state index contributed by atoms with van der Waals surface area (Å²) < 4.78 is 0. The van der Waals surface area contributed by atoms with Crippen LogP contribution >= 0.6 is 0 Å². The molecule has 0 fully saturated rings. The van der Waals surface area contributed by atoms with Crippen LogP contribution in [0.2, 0.25) is 0 Å². The molecule has 0 heterocycles. The Balaban J connectivity index is 3.17. The van der Waals surface area contributed by atoms with Crippen molar-refractivity contribution in [3.8, 4) is 6.07 Å². The topological polar surface area (TPSA) is 102 Å². The third kappa shape index (κ3) is 1.96. The number of nitrogens with zero attached hydrogens (tertiary/aromatic N) is 1. The second-order valence-corrected chi connectivity index (χ2v) is 2.80. The molecule has 6 N–H and O–H groups in total. The van der Waals surface area contributed by atoms with Gasteiger partial charge in [-0.15, -0.1) is 0 Å². The van der Waals surface area contributed by atoms with Gasteiger partial charge in [-0.3, -0.25) is 0 Å². The maximum absolute atomic E-state index is 8.77. The summed E-state index contributed by atoms with van der Waals surface area (Å²) in [6.07, 6.45) is 0. The Bertz CT molecular complexity index is 340. The quantitative estimate of drug-likeness (QED) is 0.556. The number of benzene rings is 1. The van der Waals surface area contributed by atoms with E-state index in [0.29, 0.717) is 23.4 Å². The fourth-order valence-electron chi connectivity index (χ4n) is 1.12. The zero-order valence-corrected chi connectivity index (χ0v) is 7.20. The summed E-state index contributed by atoms with van der Waals surface area (Å²) >= 11 is 0. The molecule has 1 aromatic carbocycles. The lowest BCUT2D eigenvalue weighted by atomic mass is 10.0. The molecule has 0 unspecified atom stereocenters. The lowest BCUT2D eigenvalue weighted by Crippen LogP contribution is -2.21. The molecule has 0 saturated carbocycles. The molecule has 0 aliphatic carbocycles. The Morgan fingerprint density at radius 2 is 2.15 bits per heavy atom. The zero-order valence-electron chi connectivity index (χ0n) is 7.20. The largest absolute Gasteiger partial charge is 0.399 e. The lowest BCUT2D eigenvalue weighted by Gasteiger charge is -2.11. The summed E-state index contributed by atoms with van der Waals surface area (Å²) in [5, 5.41) is 8.77. The van der Waals surface area contributed by atoms with Crippen LogP contribution in [0.15, 0.2) is 18.2 Å². The van der Waals surface area contributed by atoms with E-state index in [4.69, 9.17) is 22.5 Å². The van der Waals surface area contributed by atoms with Crippen molar-refractivity contribution in [2.45, 2.75) is 6.04 Å². The van der Waals surface area contributed by atoms with Crippen molar-refractivity contribution in [3.05, 3.63) is 29.3 Å². The van der Waals surface area contributed by atoms with Gasteiger partial charge in [0.1, 0.15) is 0 Å². The van der Waals surface area contributed by atoms with Gasteiger partial charge >= 0.3 is 0 Å². The Hall–Kier alpha value is -1.57. The van der Waals surface area contributed by atoms with E-state index in [9.17, 15) is 0 Å². The van der Waals surface area contributed by atoms with Gasteiger partial charge in [-0.25, -0.2) is 0 Å². The van der Waals surface area contributed by atoms with Crippen LogP contribution in [0.5, 0.6) is 0 Å². The van der Waals surface area contributed by atoms with E-state index in [-0.39, 0.29) is 6.04 Å². The molecule has 0 spiro atoms. The Morgan fingerprint density at radius 3 is 2.69 bits per heavy atom. The molecule has 0 aliphatic heterocycles. The van der Waals surface area contributed by atoms with Crippen LogP contribution < -0.4 is 17.2 Å². The van der Waals surface area contributed by atoms with E-state index >= 15 is 0 Å². The van der Waals surface area contributed by atoms with E-state index in [2.05, 4.69) is 0 Å². The van der Waals surface area contributed by atoms with Crippen molar-refractivity contribution in [1.29, 1.82) is 5.26 Å². The second-order valence-electron chi connectivity index (χ2n) is 2.80. The van der Waals surface area contributed by atoms with E-state index in [1.807, 2.05) is 6.07 Å². The van der Waals surface area contributed by atoms with E-state index in [0.717, 1.165) is 0 Å². The summed E-state index contributed by atoms with van der Waals surface area (Å²) in [6, 6.07) is 6.74. The van der Waals surface area contributed by atoms with Gasteiger partial charge in [-0.1, -0.05) is 0 Å². The molecule has 0 saturated heterocycles. The van der Waals surface area contributed by atoms with Crippen molar-refractivity contribution in [3.63, 3.8) is 0 Å². The number of anilines is 1. The third-order valence-corrected chi connectivity index (χ3v) is 1.85. The highest BCUT2D eigenvalue weighted by Gasteiger charge is 2.09. The number of hydrogen-bond acceptors (Lipinski definition) is 4. The van der Waals surface area contributed by atoms with Crippen LogP contribution in [0.4, 0.5) is 5.69 Å². The van der Waals surface area contributed by atoms with Crippen LogP contribution in [0, 0.1) is 11.3 Å². The van der Waals surface area contributed by atoms with Crippen molar-refractivity contribution < 1.29 is 0 Å². The van der Waals surface area contributed by atoms with Crippen LogP contribution in [-0.4, -0.2) is 6.54 Å². The minimum Gasteiger partial charge on any atom is -0.399 e. The average molecular weight is 176 g/mol. The van der Waals surface area contributed by atoms with Gasteiger partial charge in [-0.05, 0) is 23.8 Å². The number of rotatable bonds is 2. The van der Waals surface area contributed by atoms with Gasteiger partial charge in [0.15, 0.2) is 0 Å². The molecule has 4 nitrogen and oxygen atoms in total. The SMILES string of the molecule is N#Cc1ccc(N)cc1[C@H](N)CN. The summed E-state index contributed by atoms with van der Waals surface area (Å²) in [7, 11) is 0. The second kappa shape index (κ2) is 3.90. The predicted molar refractivity (Wildman–Crippen MR) is 51.6 cm³/mol. The van der Waals surface area contributed by atoms with Gasteiger partial charge in [0.2, 0.25) is 0 Å². The van der Waals surface area contributed by atoms with Gasteiger partial charge in [0, 0.05) is 18.3 Å². The highest BCUT2D eigenvalue weighted by Crippen LogP contribution is 2.17. The molecule has 0 amide bonds.